The van der Waals surface area contributed by atoms with E-state index in [-0.39, 0.29) is 17.6 Å². The number of benzene rings is 1. The van der Waals surface area contributed by atoms with Crippen LogP contribution < -0.4 is 10.1 Å². The van der Waals surface area contributed by atoms with E-state index in [1.807, 2.05) is 4.90 Å². The van der Waals surface area contributed by atoms with Crippen LogP contribution in [0.25, 0.3) is 0 Å². The van der Waals surface area contributed by atoms with Crippen molar-refractivity contribution in [2.45, 2.75) is 33.3 Å². The van der Waals surface area contributed by atoms with Crippen LogP contribution in [0.1, 0.15) is 25.8 Å². The molecule has 0 unspecified atom stereocenters. The summed E-state index contributed by atoms with van der Waals surface area (Å²) in [6.45, 7) is 7.67. The van der Waals surface area contributed by atoms with Gasteiger partial charge in [0.25, 0.3) is 0 Å². The quantitative estimate of drug-likeness (QED) is 0.604. The van der Waals surface area contributed by atoms with Crippen molar-refractivity contribution in [1.29, 1.82) is 0 Å². The zero-order valence-corrected chi connectivity index (χ0v) is 19.6. The molecule has 0 aliphatic carbocycles. The third-order valence-electron chi connectivity index (χ3n) is 6.30. The summed E-state index contributed by atoms with van der Waals surface area (Å²) in [5.41, 5.74) is 0.938. The molecule has 33 heavy (non-hydrogen) atoms. The van der Waals surface area contributed by atoms with Crippen molar-refractivity contribution in [3.05, 3.63) is 29.8 Å². The highest BCUT2D eigenvalue weighted by molar-refractivity contribution is 5.78. The van der Waals surface area contributed by atoms with Gasteiger partial charge in [0.2, 0.25) is 11.8 Å². The van der Waals surface area contributed by atoms with E-state index in [1.165, 1.54) is 18.6 Å². The lowest BCUT2D eigenvalue weighted by atomic mass is 9.92. The molecule has 184 valence electrons. The van der Waals surface area contributed by atoms with Gasteiger partial charge in [-0.15, -0.1) is 0 Å². The van der Waals surface area contributed by atoms with Crippen molar-refractivity contribution in [2.75, 3.05) is 58.9 Å². The van der Waals surface area contributed by atoms with Crippen molar-refractivity contribution in [1.82, 2.24) is 20.0 Å². The molecule has 0 bridgehead atoms. The van der Waals surface area contributed by atoms with Crippen LogP contribution in [0.4, 0.5) is 8.78 Å². The maximum Gasteiger partial charge on any atom is 0.387 e. The fourth-order valence-corrected chi connectivity index (χ4v) is 4.71. The van der Waals surface area contributed by atoms with Crippen LogP contribution in [0.3, 0.4) is 0 Å². The Bertz CT molecular complexity index is 759. The molecule has 0 radical (unpaired) electrons. The number of ether oxygens (including phenoxy) is 1. The normalized spacial score (nSPS) is 22.4. The van der Waals surface area contributed by atoms with Crippen LogP contribution in [0.5, 0.6) is 5.75 Å². The average Bonchev–Trinajstić information content (AvgIpc) is 2.75. The van der Waals surface area contributed by atoms with E-state index in [1.54, 1.807) is 12.1 Å². The molecular weight excluding hydrogens is 430 g/mol. The highest BCUT2D eigenvalue weighted by Crippen LogP contribution is 2.21. The number of halogens is 2. The van der Waals surface area contributed by atoms with E-state index in [0.29, 0.717) is 37.9 Å². The Morgan fingerprint density at radius 1 is 1.00 bits per heavy atom. The number of nitrogens with one attached hydrogen (secondary N) is 1. The minimum Gasteiger partial charge on any atom is -0.435 e. The number of carbonyl (C=O) groups excluding carboxylic acids is 2. The molecule has 2 amide bonds. The number of hydrogen-bond acceptors (Lipinski definition) is 5. The summed E-state index contributed by atoms with van der Waals surface area (Å²) in [4.78, 5) is 31.3. The Balaban J connectivity index is 1.30. The van der Waals surface area contributed by atoms with Gasteiger partial charge in [-0.05, 0) is 42.4 Å². The van der Waals surface area contributed by atoms with Crippen LogP contribution >= 0.6 is 0 Å². The van der Waals surface area contributed by atoms with Crippen molar-refractivity contribution in [3.63, 3.8) is 0 Å². The summed E-state index contributed by atoms with van der Waals surface area (Å²) < 4.78 is 28.7. The van der Waals surface area contributed by atoms with Crippen molar-refractivity contribution < 1.29 is 23.1 Å². The zero-order chi connectivity index (χ0) is 23.8. The Morgan fingerprint density at radius 3 is 2.15 bits per heavy atom. The number of amides is 2. The smallest absolute Gasteiger partial charge is 0.387 e. The maximum absolute atomic E-state index is 12.7. The standard InChI is InChI=1S/C24H36F2N4O3/c1-18-13-19(2)15-30(14-18)23(32)17-29-11-9-28(10-12-29)16-22(31)27-8-7-20-3-5-21(6-4-20)33-24(25)26/h3-6,18-19,24H,7-17H2,1-2H3,(H,27,31)/t18-,19-/m1/s1. The molecule has 2 aliphatic rings. The number of nitrogens with zero attached hydrogens (tertiary/aromatic N) is 3. The topological polar surface area (TPSA) is 65.1 Å². The van der Waals surface area contributed by atoms with Gasteiger partial charge in [-0.3, -0.25) is 19.4 Å². The molecule has 0 spiro atoms. The van der Waals surface area contributed by atoms with Gasteiger partial charge >= 0.3 is 6.61 Å². The number of carbonyl (C=O) groups is 2. The molecule has 9 heteroatoms. The van der Waals surface area contributed by atoms with Gasteiger partial charge in [0.15, 0.2) is 0 Å². The first-order chi connectivity index (χ1) is 15.8. The zero-order valence-electron chi connectivity index (χ0n) is 19.6. The molecule has 2 fully saturated rings. The van der Waals surface area contributed by atoms with Crippen LogP contribution in [-0.2, 0) is 16.0 Å². The molecule has 0 aromatic heterocycles. The van der Waals surface area contributed by atoms with Gasteiger partial charge in [0.05, 0.1) is 13.1 Å². The summed E-state index contributed by atoms with van der Waals surface area (Å²) in [5, 5.41) is 2.91. The summed E-state index contributed by atoms with van der Waals surface area (Å²) in [6.07, 6.45) is 1.80. The highest BCUT2D eigenvalue weighted by atomic mass is 19.3. The maximum atomic E-state index is 12.7. The Hall–Kier alpha value is -2.26. The van der Waals surface area contributed by atoms with Gasteiger partial charge in [0, 0.05) is 45.8 Å². The van der Waals surface area contributed by atoms with Gasteiger partial charge in [-0.1, -0.05) is 26.0 Å². The predicted molar refractivity (Wildman–Crippen MR) is 122 cm³/mol. The Morgan fingerprint density at radius 2 is 1.58 bits per heavy atom. The summed E-state index contributed by atoms with van der Waals surface area (Å²) in [6, 6.07) is 6.44. The lowest BCUT2D eigenvalue weighted by molar-refractivity contribution is -0.135. The minimum absolute atomic E-state index is 0.0338. The number of alkyl halides is 2. The number of piperazine rings is 1. The van der Waals surface area contributed by atoms with Crippen LogP contribution in [0, 0.1) is 11.8 Å². The van der Waals surface area contributed by atoms with E-state index in [2.05, 4.69) is 33.7 Å². The second-order valence-electron chi connectivity index (χ2n) is 9.42. The second kappa shape index (κ2) is 12.3. The third-order valence-corrected chi connectivity index (χ3v) is 6.30. The number of piperidine rings is 1. The number of likely N-dealkylation sites (tertiary alicyclic amines) is 1. The summed E-state index contributed by atoms with van der Waals surface area (Å²) in [7, 11) is 0. The third kappa shape index (κ3) is 8.55. The molecule has 7 nitrogen and oxygen atoms in total. The van der Waals surface area contributed by atoms with Crippen molar-refractivity contribution >= 4 is 11.8 Å². The summed E-state index contributed by atoms with van der Waals surface area (Å²) >= 11 is 0. The van der Waals surface area contributed by atoms with E-state index < -0.39 is 6.61 Å². The first kappa shape index (κ1) is 25.4. The molecule has 0 saturated carbocycles. The number of rotatable bonds is 9. The Kier molecular flexibility index (Phi) is 9.43. The highest BCUT2D eigenvalue weighted by Gasteiger charge is 2.27. The van der Waals surface area contributed by atoms with Crippen molar-refractivity contribution in [3.8, 4) is 5.75 Å². The second-order valence-corrected chi connectivity index (χ2v) is 9.42. The van der Waals surface area contributed by atoms with E-state index in [9.17, 15) is 18.4 Å². The molecule has 1 aromatic carbocycles. The predicted octanol–water partition coefficient (Wildman–Crippen LogP) is 2.07. The van der Waals surface area contributed by atoms with Gasteiger partial charge in [-0.25, -0.2) is 0 Å². The van der Waals surface area contributed by atoms with Crippen LogP contribution in [0.2, 0.25) is 0 Å². The fourth-order valence-electron chi connectivity index (χ4n) is 4.71. The minimum atomic E-state index is -2.83. The van der Waals surface area contributed by atoms with Gasteiger partial charge in [-0.2, -0.15) is 8.78 Å². The van der Waals surface area contributed by atoms with E-state index in [4.69, 9.17) is 0 Å². The monoisotopic (exact) mass is 466 g/mol. The molecule has 2 heterocycles. The fraction of sp³-hybridized carbons (Fsp3) is 0.667. The Labute approximate surface area is 195 Å². The molecule has 1 N–H and O–H groups in total. The van der Waals surface area contributed by atoms with Gasteiger partial charge < -0.3 is 15.0 Å². The van der Waals surface area contributed by atoms with Crippen molar-refractivity contribution in [2.24, 2.45) is 11.8 Å². The molecule has 1 aromatic rings. The van der Waals surface area contributed by atoms with Crippen LogP contribution in [-0.4, -0.2) is 92.0 Å². The lowest BCUT2D eigenvalue weighted by Crippen LogP contribution is -2.53. The van der Waals surface area contributed by atoms with Crippen LogP contribution in [0.15, 0.2) is 24.3 Å². The molecule has 2 aliphatic heterocycles. The molecule has 2 atom stereocenters. The molecular formula is C24H36F2N4O3. The van der Waals surface area contributed by atoms with E-state index >= 15 is 0 Å². The average molecular weight is 467 g/mol. The first-order valence-electron chi connectivity index (χ1n) is 11.8. The van der Waals surface area contributed by atoms with E-state index in [0.717, 1.165) is 44.8 Å². The number of hydrogen-bond donors (Lipinski definition) is 1. The van der Waals surface area contributed by atoms with Gasteiger partial charge in [0.1, 0.15) is 5.75 Å². The lowest BCUT2D eigenvalue weighted by Gasteiger charge is -2.38. The first-order valence-corrected chi connectivity index (χ1v) is 11.8. The summed E-state index contributed by atoms with van der Waals surface area (Å²) in [5.74, 6) is 1.43. The largest absolute Gasteiger partial charge is 0.435 e. The SMILES string of the molecule is C[C@@H]1C[C@@H](C)CN(C(=O)CN2CCN(CC(=O)NCCc3ccc(OC(F)F)cc3)CC2)C1. The molecule has 2 saturated heterocycles. The molecule has 3 rings (SSSR count).